The number of hydrogen-bond donors (Lipinski definition) is 1. The Bertz CT molecular complexity index is 800. The average Bonchev–Trinajstić information content (AvgIpc) is 2.88. The van der Waals surface area contributed by atoms with Gasteiger partial charge in [-0.1, -0.05) is 19.4 Å². The van der Waals surface area contributed by atoms with Gasteiger partial charge >= 0.3 is 10.4 Å². The van der Waals surface area contributed by atoms with Gasteiger partial charge in [-0.3, -0.25) is 9.35 Å². The number of carbonyl (C=O) groups is 1. The van der Waals surface area contributed by atoms with Gasteiger partial charge in [0.2, 0.25) is 0 Å². The minimum Gasteiger partial charge on any atom is -0.362 e. The average molecular weight is 350 g/mol. The Labute approximate surface area is 142 Å². The molecule has 24 heavy (non-hydrogen) atoms. The van der Waals surface area contributed by atoms with Crippen LogP contribution < -0.4 is 4.18 Å². The van der Waals surface area contributed by atoms with Crippen molar-refractivity contribution >= 4 is 16.2 Å². The third kappa shape index (κ3) is 2.56. The molecule has 2 fully saturated rings. The summed E-state index contributed by atoms with van der Waals surface area (Å²) in [7, 11) is -4.58. The van der Waals surface area contributed by atoms with E-state index >= 15 is 0 Å². The number of carbonyl (C=O) groups excluding carboxylic acids is 1. The summed E-state index contributed by atoms with van der Waals surface area (Å²) < 4.78 is 35.1. The lowest BCUT2D eigenvalue weighted by molar-refractivity contribution is 0.0527. The Hall–Kier alpha value is -1.40. The molecule has 4 atom stereocenters. The van der Waals surface area contributed by atoms with Crippen molar-refractivity contribution in [1.29, 1.82) is 0 Å². The van der Waals surface area contributed by atoms with Crippen LogP contribution in [0.15, 0.2) is 18.2 Å². The van der Waals surface area contributed by atoms with Gasteiger partial charge in [-0.05, 0) is 66.5 Å². The van der Waals surface area contributed by atoms with Crippen LogP contribution in [0.25, 0.3) is 0 Å². The molecule has 1 aromatic carbocycles. The monoisotopic (exact) mass is 350 g/mol. The van der Waals surface area contributed by atoms with E-state index in [0.717, 1.165) is 12.0 Å². The van der Waals surface area contributed by atoms with Gasteiger partial charge in [-0.25, -0.2) is 0 Å². The van der Waals surface area contributed by atoms with Gasteiger partial charge < -0.3 is 4.18 Å². The summed E-state index contributed by atoms with van der Waals surface area (Å²) in [6.45, 7) is 2.38. The lowest BCUT2D eigenvalue weighted by atomic mass is 9.55. The van der Waals surface area contributed by atoms with Crippen molar-refractivity contribution in [3.05, 3.63) is 29.3 Å². The van der Waals surface area contributed by atoms with E-state index in [1.165, 1.54) is 37.8 Å². The molecule has 1 N–H and O–H groups in total. The molecule has 3 aliphatic carbocycles. The molecular formula is C18H22O5S. The maximum absolute atomic E-state index is 12.7. The minimum atomic E-state index is -4.58. The summed E-state index contributed by atoms with van der Waals surface area (Å²) in [5.41, 5.74) is 1.96. The summed E-state index contributed by atoms with van der Waals surface area (Å²) in [5, 5.41) is 0. The van der Waals surface area contributed by atoms with Gasteiger partial charge in [0.05, 0.1) is 0 Å². The maximum atomic E-state index is 12.7. The van der Waals surface area contributed by atoms with Crippen LogP contribution in [0.5, 0.6) is 5.75 Å². The van der Waals surface area contributed by atoms with E-state index in [9.17, 15) is 13.2 Å². The number of ketones is 1. The molecule has 0 heterocycles. The summed E-state index contributed by atoms with van der Waals surface area (Å²) in [6.07, 6.45) is 6.54. The number of rotatable bonds is 2. The van der Waals surface area contributed by atoms with E-state index in [-0.39, 0.29) is 11.5 Å². The second-order valence-electron chi connectivity index (χ2n) is 7.85. The molecule has 0 spiro atoms. The van der Waals surface area contributed by atoms with E-state index in [1.807, 2.05) is 6.07 Å². The molecule has 0 radical (unpaired) electrons. The highest BCUT2D eigenvalue weighted by atomic mass is 32.3. The topological polar surface area (TPSA) is 80.7 Å². The molecule has 0 unspecified atom stereocenters. The Morgan fingerprint density at radius 1 is 1.25 bits per heavy atom. The second kappa shape index (κ2) is 5.30. The normalized spacial score (nSPS) is 35.1. The molecule has 130 valence electrons. The van der Waals surface area contributed by atoms with Gasteiger partial charge in [0.15, 0.2) is 5.78 Å². The van der Waals surface area contributed by atoms with Crippen LogP contribution in [0.1, 0.15) is 67.3 Å². The predicted octanol–water partition coefficient (Wildman–Crippen LogP) is 3.75. The SMILES string of the molecule is C[C@@]12CCC[C@H]1[C@@H]1CC(=O)c3cc(OS(=O)(=O)O)ccc3[C@H]1CC2. The van der Waals surface area contributed by atoms with Crippen LogP contribution in [0.4, 0.5) is 0 Å². The van der Waals surface area contributed by atoms with Crippen LogP contribution >= 0.6 is 0 Å². The highest BCUT2D eigenvalue weighted by Crippen LogP contribution is 2.60. The highest BCUT2D eigenvalue weighted by molar-refractivity contribution is 7.81. The van der Waals surface area contributed by atoms with E-state index in [4.69, 9.17) is 4.55 Å². The molecule has 5 nitrogen and oxygen atoms in total. The molecule has 1 aromatic rings. The first-order valence-corrected chi connectivity index (χ1v) is 9.97. The standard InChI is InChI=1S/C18H22O5S/c1-18-7-2-3-16(18)14-10-17(19)15-9-11(23-24(20,21)22)4-5-12(15)13(14)6-8-18/h4-5,9,13-14,16H,2-3,6-8,10H2,1H3,(H,20,21,22)/t13-,14-,16+,18+/m1/s1. The van der Waals surface area contributed by atoms with Crippen molar-refractivity contribution in [2.75, 3.05) is 0 Å². The molecule has 2 saturated carbocycles. The van der Waals surface area contributed by atoms with Crippen LogP contribution in [-0.2, 0) is 10.4 Å². The lowest BCUT2D eigenvalue weighted by Gasteiger charge is -2.48. The van der Waals surface area contributed by atoms with Crippen molar-refractivity contribution in [2.45, 2.75) is 51.4 Å². The first-order valence-electron chi connectivity index (χ1n) is 8.61. The zero-order chi connectivity index (χ0) is 17.1. The summed E-state index contributed by atoms with van der Waals surface area (Å²) in [6, 6.07) is 4.80. The van der Waals surface area contributed by atoms with E-state index in [0.29, 0.717) is 35.2 Å². The molecule has 4 rings (SSSR count). The Morgan fingerprint density at radius 2 is 2.04 bits per heavy atom. The molecule has 6 heteroatoms. The fourth-order valence-electron chi connectivity index (χ4n) is 5.55. The van der Waals surface area contributed by atoms with Gasteiger partial charge in [-0.2, -0.15) is 8.42 Å². The van der Waals surface area contributed by atoms with E-state index in [2.05, 4.69) is 11.1 Å². The van der Waals surface area contributed by atoms with Crippen molar-refractivity contribution in [1.82, 2.24) is 0 Å². The van der Waals surface area contributed by atoms with Crippen LogP contribution in [0, 0.1) is 17.3 Å². The summed E-state index contributed by atoms with van der Waals surface area (Å²) in [5.74, 6) is 1.43. The fraction of sp³-hybridized carbons (Fsp3) is 0.611. The number of Topliss-reactive ketones (excluding diaryl/α,β-unsaturated/α-hetero) is 1. The van der Waals surface area contributed by atoms with Gasteiger partial charge in [0.1, 0.15) is 5.75 Å². The summed E-state index contributed by atoms with van der Waals surface area (Å²) in [4.78, 5) is 12.7. The summed E-state index contributed by atoms with van der Waals surface area (Å²) >= 11 is 0. The number of hydrogen-bond acceptors (Lipinski definition) is 4. The zero-order valence-electron chi connectivity index (χ0n) is 13.7. The van der Waals surface area contributed by atoms with Crippen LogP contribution in [-0.4, -0.2) is 18.8 Å². The highest BCUT2D eigenvalue weighted by Gasteiger charge is 2.51. The first-order chi connectivity index (χ1) is 11.3. The number of benzene rings is 1. The Kier molecular flexibility index (Phi) is 3.55. The molecule has 3 aliphatic rings. The zero-order valence-corrected chi connectivity index (χ0v) is 14.5. The van der Waals surface area contributed by atoms with Crippen LogP contribution in [0.2, 0.25) is 0 Å². The third-order valence-electron chi connectivity index (χ3n) is 6.57. The Balaban J connectivity index is 1.70. The van der Waals surface area contributed by atoms with Crippen LogP contribution in [0.3, 0.4) is 0 Å². The second-order valence-corrected chi connectivity index (χ2v) is 8.87. The van der Waals surface area contributed by atoms with Gasteiger partial charge in [0.25, 0.3) is 0 Å². The lowest BCUT2D eigenvalue weighted by Crippen LogP contribution is -2.41. The molecule has 0 amide bonds. The molecule has 0 saturated heterocycles. The van der Waals surface area contributed by atoms with Gasteiger partial charge in [-0.15, -0.1) is 0 Å². The molecular weight excluding hydrogens is 328 g/mol. The Morgan fingerprint density at radius 3 is 2.79 bits per heavy atom. The maximum Gasteiger partial charge on any atom is 0.446 e. The van der Waals surface area contributed by atoms with Gasteiger partial charge in [0, 0.05) is 12.0 Å². The third-order valence-corrected chi connectivity index (χ3v) is 6.97. The number of fused-ring (bicyclic) bond motifs is 5. The first kappa shape index (κ1) is 16.1. The smallest absolute Gasteiger partial charge is 0.362 e. The molecule has 0 bridgehead atoms. The molecule has 0 aromatic heterocycles. The van der Waals surface area contributed by atoms with E-state index < -0.39 is 10.4 Å². The van der Waals surface area contributed by atoms with Crippen molar-refractivity contribution in [3.63, 3.8) is 0 Å². The van der Waals surface area contributed by atoms with Crippen molar-refractivity contribution in [2.24, 2.45) is 17.3 Å². The van der Waals surface area contributed by atoms with Crippen molar-refractivity contribution < 1.29 is 21.9 Å². The van der Waals surface area contributed by atoms with Crippen molar-refractivity contribution in [3.8, 4) is 5.75 Å². The minimum absolute atomic E-state index is 0.00966. The van der Waals surface area contributed by atoms with E-state index in [1.54, 1.807) is 0 Å². The predicted molar refractivity (Wildman–Crippen MR) is 88.5 cm³/mol. The fourth-order valence-corrected chi connectivity index (χ4v) is 5.90. The largest absolute Gasteiger partial charge is 0.446 e. The quantitative estimate of drug-likeness (QED) is 0.822. The molecule has 0 aliphatic heterocycles.